The highest BCUT2D eigenvalue weighted by Gasteiger charge is 2.20. The highest BCUT2D eigenvalue weighted by atomic mass is 32.2. The Kier molecular flexibility index (Phi) is 7.51. The third kappa shape index (κ3) is 5.55. The van der Waals surface area contributed by atoms with Gasteiger partial charge in [0, 0.05) is 23.1 Å². The molecule has 108 valence electrons. The Morgan fingerprint density at radius 3 is 2.37 bits per heavy atom. The van der Waals surface area contributed by atoms with Gasteiger partial charge in [-0.05, 0) is 25.5 Å². The van der Waals surface area contributed by atoms with Crippen LogP contribution in [0.15, 0.2) is 24.3 Å². The molecule has 0 radical (unpaired) electrons. The van der Waals surface area contributed by atoms with E-state index in [2.05, 4.69) is 57.3 Å². The van der Waals surface area contributed by atoms with Crippen molar-refractivity contribution < 1.29 is 5.11 Å². The van der Waals surface area contributed by atoms with Crippen molar-refractivity contribution in [2.45, 2.75) is 50.7 Å². The lowest BCUT2D eigenvalue weighted by Crippen LogP contribution is -2.29. The first-order valence-electron chi connectivity index (χ1n) is 7.14. The minimum absolute atomic E-state index is 0.275. The molecule has 0 saturated heterocycles. The molecule has 1 aromatic rings. The molecule has 1 aromatic carbocycles. The third-order valence-electron chi connectivity index (χ3n) is 3.31. The van der Waals surface area contributed by atoms with E-state index >= 15 is 0 Å². The molecular weight excluding hydrogens is 254 g/mol. The first-order valence-corrected chi connectivity index (χ1v) is 8.09. The van der Waals surface area contributed by atoms with Gasteiger partial charge in [-0.15, -0.1) is 0 Å². The van der Waals surface area contributed by atoms with Gasteiger partial charge in [-0.1, -0.05) is 50.6 Å². The number of aryl methyl sites for hydroxylation is 1. The van der Waals surface area contributed by atoms with Crippen molar-refractivity contribution in [3.8, 4) is 0 Å². The summed E-state index contributed by atoms with van der Waals surface area (Å²) in [5.41, 5.74) is 2.65. The summed E-state index contributed by atoms with van der Waals surface area (Å²) in [5, 5.41) is 13.6. The zero-order valence-corrected chi connectivity index (χ0v) is 13.3. The molecule has 0 bridgehead atoms. The van der Waals surface area contributed by atoms with Gasteiger partial charge in [0.15, 0.2) is 0 Å². The topological polar surface area (TPSA) is 32.3 Å². The molecule has 2 N–H and O–H groups in total. The third-order valence-corrected chi connectivity index (χ3v) is 4.71. The number of aliphatic hydroxyl groups excluding tert-OH is 1. The van der Waals surface area contributed by atoms with Crippen LogP contribution in [0.25, 0.3) is 0 Å². The number of hydrogen-bond donors (Lipinski definition) is 2. The van der Waals surface area contributed by atoms with Crippen LogP contribution in [0.1, 0.15) is 44.4 Å². The summed E-state index contributed by atoms with van der Waals surface area (Å²) in [6.07, 6.45) is 0.863. The molecular formula is C16H27NOS. The maximum atomic E-state index is 9.01. The first-order chi connectivity index (χ1) is 9.08. The summed E-state index contributed by atoms with van der Waals surface area (Å²) >= 11 is 1.95. The number of rotatable bonds is 8. The number of hydrogen-bond acceptors (Lipinski definition) is 3. The van der Waals surface area contributed by atoms with Crippen LogP contribution in [0, 0.1) is 6.92 Å². The highest BCUT2D eigenvalue weighted by molar-refractivity contribution is 8.00. The van der Waals surface area contributed by atoms with Crippen molar-refractivity contribution in [2.75, 3.05) is 13.2 Å². The average molecular weight is 281 g/mol. The van der Waals surface area contributed by atoms with Gasteiger partial charge >= 0.3 is 0 Å². The summed E-state index contributed by atoms with van der Waals surface area (Å²) in [6.45, 7) is 9.97. The van der Waals surface area contributed by atoms with Crippen LogP contribution in [0.3, 0.4) is 0 Å². The Labute approximate surface area is 122 Å². The predicted molar refractivity (Wildman–Crippen MR) is 85.8 cm³/mol. The van der Waals surface area contributed by atoms with Crippen molar-refractivity contribution in [3.63, 3.8) is 0 Å². The fourth-order valence-corrected chi connectivity index (χ4v) is 3.63. The summed E-state index contributed by atoms with van der Waals surface area (Å²) in [7, 11) is 0. The largest absolute Gasteiger partial charge is 0.396 e. The standard InChI is InChI=1S/C16H27NOS/c1-5-17-16(14(4)19-13(3)10-11-18)15-8-6-12(2)7-9-15/h6-9,13-14,16-18H,5,10-11H2,1-4H3. The van der Waals surface area contributed by atoms with E-state index < -0.39 is 0 Å². The van der Waals surface area contributed by atoms with E-state index in [0.29, 0.717) is 16.5 Å². The molecule has 0 heterocycles. The molecule has 0 aliphatic heterocycles. The molecule has 0 spiro atoms. The van der Waals surface area contributed by atoms with E-state index in [4.69, 9.17) is 5.11 Å². The van der Waals surface area contributed by atoms with Crippen molar-refractivity contribution >= 4 is 11.8 Å². The summed E-state index contributed by atoms with van der Waals surface area (Å²) in [6, 6.07) is 9.16. The maximum Gasteiger partial charge on any atom is 0.0441 e. The van der Waals surface area contributed by atoms with Gasteiger partial charge in [0.25, 0.3) is 0 Å². The number of benzene rings is 1. The SMILES string of the molecule is CCNC(c1ccc(C)cc1)C(C)SC(C)CCO. The van der Waals surface area contributed by atoms with Crippen LogP contribution in [0.5, 0.6) is 0 Å². The normalized spacial score (nSPS) is 16.1. The fraction of sp³-hybridized carbons (Fsp3) is 0.625. The zero-order chi connectivity index (χ0) is 14.3. The van der Waals surface area contributed by atoms with Crippen LogP contribution in [0.2, 0.25) is 0 Å². The second-order valence-electron chi connectivity index (χ2n) is 5.11. The molecule has 0 fully saturated rings. The Balaban J connectivity index is 2.73. The van der Waals surface area contributed by atoms with E-state index in [9.17, 15) is 0 Å². The summed E-state index contributed by atoms with van der Waals surface area (Å²) in [5.74, 6) is 0. The molecule has 3 heteroatoms. The molecule has 2 nitrogen and oxygen atoms in total. The number of thioether (sulfide) groups is 1. The van der Waals surface area contributed by atoms with Crippen molar-refractivity contribution in [1.82, 2.24) is 5.32 Å². The lowest BCUT2D eigenvalue weighted by atomic mass is 10.0. The molecule has 0 aliphatic carbocycles. The zero-order valence-electron chi connectivity index (χ0n) is 12.5. The smallest absolute Gasteiger partial charge is 0.0441 e. The molecule has 0 aliphatic rings. The van der Waals surface area contributed by atoms with Gasteiger partial charge in [-0.25, -0.2) is 0 Å². The van der Waals surface area contributed by atoms with Gasteiger partial charge in [-0.3, -0.25) is 0 Å². The molecule has 0 aromatic heterocycles. The van der Waals surface area contributed by atoms with Crippen molar-refractivity contribution in [2.24, 2.45) is 0 Å². The minimum atomic E-state index is 0.275. The average Bonchev–Trinajstić information content (AvgIpc) is 2.37. The molecule has 3 unspecified atom stereocenters. The van der Waals surface area contributed by atoms with Crippen LogP contribution in [-0.4, -0.2) is 28.8 Å². The maximum absolute atomic E-state index is 9.01. The Morgan fingerprint density at radius 2 is 1.84 bits per heavy atom. The van der Waals surface area contributed by atoms with Crippen LogP contribution >= 0.6 is 11.8 Å². The molecule has 19 heavy (non-hydrogen) atoms. The number of nitrogens with one attached hydrogen (secondary N) is 1. The molecule has 0 amide bonds. The summed E-state index contributed by atoms with van der Waals surface area (Å²) < 4.78 is 0. The van der Waals surface area contributed by atoms with Gasteiger partial charge in [0.05, 0.1) is 0 Å². The Morgan fingerprint density at radius 1 is 1.21 bits per heavy atom. The van der Waals surface area contributed by atoms with Crippen LogP contribution < -0.4 is 5.32 Å². The lowest BCUT2D eigenvalue weighted by molar-refractivity contribution is 0.288. The van der Waals surface area contributed by atoms with Crippen molar-refractivity contribution in [3.05, 3.63) is 35.4 Å². The van der Waals surface area contributed by atoms with Gasteiger partial charge < -0.3 is 10.4 Å². The van der Waals surface area contributed by atoms with E-state index in [1.54, 1.807) is 0 Å². The van der Waals surface area contributed by atoms with Crippen LogP contribution in [-0.2, 0) is 0 Å². The van der Waals surface area contributed by atoms with E-state index in [0.717, 1.165) is 13.0 Å². The summed E-state index contributed by atoms with van der Waals surface area (Å²) in [4.78, 5) is 0. The highest BCUT2D eigenvalue weighted by Crippen LogP contribution is 2.30. The van der Waals surface area contributed by atoms with E-state index in [1.165, 1.54) is 11.1 Å². The number of aliphatic hydroxyl groups is 1. The molecule has 0 saturated carbocycles. The fourth-order valence-electron chi connectivity index (χ4n) is 2.24. The van der Waals surface area contributed by atoms with Gasteiger partial charge in [0.1, 0.15) is 0 Å². The van der Waals surface area contributed by atoms with Gasteiger partial charge in [-0.2, -0.15) is 11.8 Å². The van der Waals surface area contributed by atoms with Crippen LogP contribution in [0.4, 0.5) is 0 Å². The lowest BCUT2D eigenvalue weighted by Gasteiger charge is -2.27. The predicted octanol–water partition coefficient (Wildman–Crippen LogP) is 3.54. The second kappa shape index (κ2) is 8.62. The minimum Gasteiger partial charge on any atom is -0.396 e. The van der Waals surface area contributed by atoms with Crippen molar-refractivity contribution in [1.29, 1.82) is 0 Å². The molecule has 1 rings (SSSR count). The molecule has 3 atom stereocenters. The Hall–Kier alpha value is -0.510. The second-order valence-corrected chi connectivity index (χ2v) is 6.93. The van der Waals surface area contributed by atoms with E-state index in [1.807, 2.05) is 11.8 Å². The monoisotopic (exact) mass is 281 g/mol. The quantitative estimate of drug-likeness (QED) is 0.764. The Bertz CT molecular complexity index is 352. The van der Waals surface area contributed by atoms with Gasteiger partial charge in [0.2, 0.25) is 0 Å². The van der Waals surface area contributed by atoms with E-state index in [-0.39, 0.29) is 6.61 Å². The first kappa shape index (κ1) is 16.5.